The number of thiophene rings is 1. The fourth-order valence-electron chi connectivity index (χ4n) is 3.48. The Bertz CT molecular complexity index is 1050. The Hall–Kier alpha value is -2.22. The van der Waals surface area contributed by atoms with Crippen LogP contribution in [0.2, 0.25) is 4.34 Å². The van der Waals surface area contributed by atoms with Gasteiger partial charge in [0.1, 0.15) is 9.88 Å². The largest absolute Gasteiger partial charge is 0.339 e. The molecule has 0 aliphatic carbocycles. The van der Waals surface area contributed by atoms with Gasteiger partial charge in [-0.3, -0.25) is 9.59 Å². The summed E-state index contributed by atoms with van der Waals surface area (Å²) in [6.45, 7) is 3.46. The number of thiazole rings is 1. The maximum Gasteiger partial charge on any atom is 0.267 e. The maximum atomic E-state index is 12.8. The van der Waals surface area contributed by atoms with Gasteiger partial charge in [0.05, 0.1) is 14.9 Å². The predicted molar refractivity (Wildman–Crippen MR) is 124 cm³/mol. The van der Waals surface area contributed by atoms with Gasteiger partial charge < -0.3 is 10.2 Å². The highest BCUT2D eigenvalue weighted by Gasteiger charge is 2.19. The van der Waals surface area contributed by atoms with Gasteiger partial charge in [-0.25, -0.2) is 4.98 Å². The second-order valence-electron chi connectivity index (χ2n) is 7.28. The van der Waals surface area contributed by atoms with Crippen molar-refractivity contribution in [3.63, 3.8) is 0 Å². The number of benzene rings is 1. The number of hydrogen-bond acceptors (Lipinski definition) is 5. The average Bonchev–Trinajstić information content (AvgIpc) is 3.23. The van der Waals surface area contributed by atoms with Crippen LogP contribution in [0.4, 0.5) is 5.69 Å². The molecular formula is C22H22ClN3O2S2. The summed E-state index contributed by atoms with van der Waals surface area (Å²) in [6.07, 6.45) is 4.50. The van der Waals surface area contributed by atoms with E-state index in [2.05, 4.69) is 10.3 Å². The van der Waals surface area contributed by atoms with Crippen LogP contribution < -0.4 is 5.32 Å². The third-order valence-corrected chi connectivity index (χ3v) is 7.63. The third-order valence-electron chi connectivity index (χ3n) is 5.07. The first-order valence-corrected chi connectivity index (χ1v) is 12.0. The number of halogens is 1. The van der Waals surface area contributed by atoms with Crippen LogP contribution in [-0.4, -0.2) is 34.8 Å². The Balaban J connectivity index is 1.44. The van der Waals surface area contributed by atoms with Gasteiger partial charge >= 0.3 is 0 Å². The minimum absolute atomic E-state index is 0.0623. The van der Waals surface area contributed by atoms with Crippen molar-refractivity contribution in [2.45, 2.75) is 32.6 Å². The zero-order valence-corrected chi connectivity index (χ0v) is 19.0. The molecule has 1 fully saturated rings. The van der Waals surface area contributed by atoms with Gasteiger partial charge in [0.25, 0.3) is 11.8 Å². The minimum atomic E-state index is -0.203. The quantitative estimate of drug-likeness (QED) is 0.512. The van der Waals surface area contributed by atoms with E-state index in [1.165, 1.54) is 35.5 Å². The van der Waals surface area contributed by atoms with Crippen molar-refractivity contribution < 1.29 is 9.59 Å². The monoisotopic (exact) mass is 459 g/mol. The number of carbonyl (C=O) groups excluding carboxylic acids is 2. The highest BCUT2D eigenvalue weighted by molar-refractivity contribution is 7.24. The number of likely N-dealkylation sites (tertiary alicyclic amines) is 1. The average molecular weight is 460 g/mol. The number of nitrogens with zero attached hydrogens (tertiary/aromatic N) is 2. The summed E-state index contributed by atoms with van der Waals surface area (Å²) in [5.74, 6) is -0.141. The Morgan fingerprint density at radius 1 is 1.00 bits per heavy atom. The van der Waals surface area contributed by atoms with Gasteiger partial charge in [0, 0.05) is 24.3 Å². The number of hydrogen-bond donors (Lipinski definition) is 1. The van der Waals surface area contributed by atoms with Gasteiger partial charge in [0.2, 0.25) is 0 Å². The van der Waals surface area contributed by atoms with Gasteiger partial charge in [-0.2, -0.15) is 0 Å². The van der Waals surface area contributed by atoms with Crippen LogP contribution in [0.3, 0.4) is 0 Å². The summed E-state index contributed by atoms with van der Waals surface area (Å²) in [5, 5.41) is 3.69. The number of carbonyl (C=O) groups is 2. The molecule has 1 saturated heterocycles. The van der Waals surface area contributed by atoms with Crippen molar-refractivity contribution in [2.75, 3.05) is 18.4 Å². The maximum absolute atomic E-state index is 12.8. The summed E-state index contributed by atoms with van der Waals surface area (Å²) in [5.41, 5.74) is 1.99. The van der Waals surface area contributed by atoms with Crippen LogP contribution in [0.15, 0.2) is 36.4 Å². The molecule has 0 atom stereocenters. The van der Waals surface area contributed by atoms with Crippen molar-refractivity contribution in [1.29, 1.82) is 0 Å². The minimum Gasteiger partial charge on any atom is -0.339 e. The van der Waals surface area contributed by atoms with Crippen molar-refractivity contribution >= 4 is 51.8 Å². The molecule has 156 valence electrons. The number of aryl methyl sites for hydroxylation is 1. The Kier molecular flexibility index (Phi) is 6.51. The van der Waals surface area contributed by atoms with Crippen molar-refractivity contribution in [3.8, 4) is 9.88 Å². The third kappa shape index (κ3) is 4.74. The lowest BCUT2D eigenvalue weighted by Gasteiger charge is -2.20. The van der Waals surface area contributed by atoms with Gasteiger partial charge in [0.15, 0.2) is 0 Å². The van der Waals surface area contributed by atoms with E-state index in [9.17, 15) is 9.59 Å². The van der Waals surface area contributed by atoms with E-state index in [-0.39, 0.29) is 11.8 Å². The molecular weight excluding hydrogens is 438 g/mol. The van der Waals surface area contributed by atoms with E-state index in [0.717, 1.165) is 35.8 Å². The number of anilines is 1. The van der Waals surface area contributed by atoms with Gasteiger partial charge in [-0.15, -0.1) is 22.7 Å². The topological polar surface area (TPSA) is 62.3 Å². The Labute approximate surface area is 188 Å². The predicted octanol–water partition coefficient (Wildman–Crippen LogP) is 6.10. The fraction of sp³-hybridized carbons (Fsp3) is 0.318. The van der Waals surface area contributed by atoms with Crippen LogP contribution in [0.1, 0.15) is 51.4 Å². The van der Waals surface area contributed by atoms with E-state index in [1.807, 2.05) is 24.0 Å². The van der Waals surface area contributed by atoms with Crippen molar-refractivity contribution in [2.24, 2.45) is 0 Å². The summed E-state index contributed by atoms with van der Waals surface area (Å²) in [7, 11) is 0. The van der Waals surface area contributed by atoms with Crippen molar-refractivity contribution in [1.82, 2.24) is 9.88 Å². The van der Waals surface area contributed by atoms with Crippen LogP contribution in [0.5, 0.6) is 0 Å². The molecule has 1 aliphatic heterocycles. The molecule has 0 unspecified atom stereocenters. The highest BCUT2D eigenvalue weighted by Crippen LogP contribution is 2.35. The molecule has 1 aromatic carbocycles. The highest BCUT2D eigenvalue weighted by atomic mass is 35.5. The lowest BCUT2D eigenvalue weighted by atomic mass is 10.1. The first kappa shape index (κ1) is 21.0. The molecule has 5 nitrogen and oxygen atoms in total. The lowest BCUT2D eigenvalue weighted by Crippen LogP contribution is -2.31. The Morgan fingerprint density at radius 3 is 2.33 bits per heavy atom. The molecule has 3 heterocycles. The summed E-state index contributed by atoms with van der Waals surface area (Å²) in [4.78, 5) is 33.4. The Morgan fingerprint density at radius 2 is 1.70 bits per heavy atom. The van der Waals surface area contributed by atoms with Crippen LogP contribution >= 0.6 is 34.3 Å². The normalized spacial score (nSPS) is 14.4. The van der Waals surface area contributed by atoms with E-state index in [1.54, 1.807) is 24.3 Å². The second kappa shape index (κ2) is 9.29. The summed E-state index contributed by atoms with van der Waals surface area (Å²) < 4.78 is 0.693. The van der Waals surface area contributed by atoms with Gasteiger partial charge in [-0.05, 0) is 56.2 Å². The summed E-state index contributed by atoms with van der Waals surface area (Å²) >= 11 is 8.80. The smallest absolute Gasteiger partial charge is 0.267 e. The molecule has 2 amide bonds. The molecule has 3 aromatic rings. The van der Waals surface area contributed by atoms with E-state index >= 15 is 0 Å². The van der Waals surface area contributed by atoms with Crippen LogP contribution in [0.25, 0.3) is 9.88 Å². The van der Waals surface area contributed by atoms with E-state index < -0.39 is 0 Å². The molecule has 8 heteroatoms. The zero-order valence-electron chi connectivity index (χ0n) is 16.6. The number of rotatable bonds is 4. The summed E-state index contributed by atoms with van der Waals surface area (Å²) in [6, 6.07) is 10.8. The molecule has 2 aromatic heterocycles. The fourth-order valence-corrected chi connectivity index (χ4v) is 5.54. The van der Waals surface area contributed by atoms with E-state index in [4.69, 9.17) is 11.6 Å². The first-order valence-electron chi connectivity index (χ1n) is 9.95. The molecule has 1 aliphatic rings. The zero-order chi connectivity index (χ0) is 21.1. The van der Waals surface area contributed by atoms with Crippen molar-refractivity contribution in [3.05, 3.63) is 56.9 Å². The molecule has 4 rings (SSSR count). The number of aromatic nitrogens is 1. The van der Waals surface area contributed by atoms with Gasteiger partial charge in [-0.1, -0.05) is 24.4 Å². The van der Waals surface area contributed by atoms with Crippen LogP contribution in [-0.2, 0) is 0 Å². The molecule has 0 spiro atoms. The first-order chi connectivity index (χ1) is 14.5. The van der Waals surface area contributed by atoms with Crippen LogP contribution in [0, 0.1) is 6.92 Å². The number of amides is 2. The molecule has 30 heavy (non-hydrogen) atoms. The molecule has 1 N–H and O–H groups in total. The number of nitrogens with one attached hydrogen (secondary N) is 1. The van der Waals surface area contributed by atoms with E-state index in [0.29, 0.717) is 26.2 Å². The molecule has 0 bridgehead atoms. The molecule has 0 saturated carbocycles. The molecule has 0 radical (unpaired) electrons. The second-order valence-corrected chi connectivity index (χ2v) is 9.99. The lowest BCUT2D eigenvalue weighted by molar-refractivity contribution is 0.0761. The standard InChI is InChI=1S/C22H22ClN3O2S2/c1-14-19(30-21(24-14)17-10-11-18(23)29-17)20(27)25-16-8-6-15(7-9-16)22(28)26-12-4-2-3-5-13-26/h6-11H,2-5,12-13H2,1H3,(H,25,27). The SMILES string of the molecule is Cc1nc(-c2ccc(Cl)s2)sc1C(=O)Nc1ccc(C(=O)N2CCCCCC2)cc1.